The van der Waals surface area contributed by atoms with Gasteiger partial charge in [-0.1, -0.05) is 28.6 Å². The molecule has 0 N–H and O–H groups in total. The van der Waals surface area contributed by atoms with Crippen LogP contribution in [0.15, 0.2) is 35.3 Å². The van der Waals surface area contributed by atoms with Gasteiger partial charge in [-0.15, -0.1) is 0 Å². The summed E-state index contributed by atoms with van der Waals surface area (Å²) in [5, 5.41) is 0. The van der Waals surface area contributed by atoms with E-state index in [-0.39, 0.29) is 0 Å². The highest BCUT2D eigenvalue weighted by Gasteiger charge is 2.35. The molecule has 1 saturated heterocycles. The van der Waals surface area contributed by atoms with Gasteiger partial charge in [0.05, 0.1) is 18.8 Å². The molecule has 1 fully saturated rings. The predicted octanol–water partition coefficient (Wildman–Crippen LogP) is 3.23. The van der Waals surface area contributed by atoms with E-state index in [1.165, 1.54) is 0 Å². The lowest BCUT2D eigenvalue weighted by Crippen LogP contribution is -2.23. The Labute approximate surface area is 109 Å². The van der Waals surface area contributed by atoms with Crippen molar-refractivity contribution in [2.75, 3.05) is 19.8 Å². The summed E-state index contributed by atoms with van der Waals surface area (Å²) in [4.78, 5) is 0. The van der Waals surface area contributed by atoms with Crippen molar-refractivity contribution in [3.8, 4) is 5.75 Å². The fraction of sp³-hybridized carbons (Fsp3) is 0.385. The molecule has 0 saturated carbocycles. The third kappa shape index (κ3) is 2.70. The van der Waals surface area contributed by atoms with Gasteiger partial charge in [0.2, 0.25) is 0 Å². The molecule has 92 valence electrons. The van der Waals surface area contributed by atoms with Crippen molar-refractivity contribution in [1.29, 1.82) is 0 Å². The fourth-order valence-corrected chi connectivity index (χ4v) is 2.15. The monoisotopic (exact) mass is 298 g/mol. The van der Waals surface area contributed by atoms with Crippen molar-refractivity contribution in [2.45, 2.75) is 12.7 Å². The quantitative estimate of drug-likeness (QED) is 0.799. The summed E-state index contributed by atoms with van der Waals surface area (Å²) in [6.07, 6.45) is 1.71. The van der Waals surface area contributed by atoms with Crippen LogP contribution in [0, 0.1) is 0 Å². The molecule has 0 amide bonds. The van der Waals surface area contributed by atoms with Gasteiger partial charge in [0.1, 0.15) is 12.4 Å². The Kier molecular flexibility index (Phi) is 3.86. The van der Waals surface area contributed by atoms with Crippen LogP contribution in [0.2, 0.25) is 0 Å². The van der Waals surface area contributed by atoms with Crippen LogP contribution in [0.5, 0.6) is 5.75 Å². The molecule has 0 spiro atoms. The van der Waals surface area contributed by atoms with Gasteiger partial charge < -0.3 is 14.2 Å². The number of rotatable bonds is 4. The molecule has 4 heteroatoms. The third-order valence-electron chi connectivity index (χ3n) is 2.63. The summed E-state index contributed by atoms with van der Waals surface area (Å²) in [7, 11) is 0. The summed E-state index contributed by atoms with van der Waals surface area (Å²) in [5.74, 6) is 0.0423. The third-order valence-corrected chi connectivity index (χ3v) is 3.12. The van der Waals surface area contributed by atoms with E-state index < -0.39 is 5.79 Å². The minimum Gasteiger partial charge on any atom is -0.489 e. The number of benzene rings is 1. The Morgan fingerprint density at radius 2 is 2.18 bits per heavy atom. The zero-order chi connectivity index (χ0) is 12.3. The number of hydrogen-bond donors (Lipinski definition) is 0. The molecule has 0 atom stereocenters. The van der Waals surface area contributed by atoms with Gasteiger partial charge in [0.25, 0.3) is 0 Å². The van der Waals surface area contributed by atoms with Gasteiger partial charge in [-0.2, -0.15) is 0 Å². The number of hydrogen-bond acceptors (Lipinski definition) is 3. The molecule has 2 rings (SSSR count). The van der Waals surface area contributed by atoms with Gasteiger partial charge in [-0.05, 0) is 25.1 Å². The van der Waals surface area contributed by atoms with Crippen molar-refractivity contribution >= 4 is 15.9 Å². The first-order chi connectivity index (χ1) is 8.15. The van der Waals surface area contributed by atoms with Crippen molar-refractivity contribution in [3.63, 3.8) is 0 Å². The van der Waals surface area contributed by atoms with Crippen molar-refractivity contribution in [1.82, 2.24) is 0 Å². The Balaban J connectivity index is 2.34. The second kappa shape index (κ2) is 5.21. The van der Waals surface area contributed by atoms with Crippen LogP contribution in [0.3, 0.4) is 0 Å². The summed E-state index contributed by atoms with van der Waals surface area (Å²) in [6.45, 7) is 7.22. The Morgan fingerprint density at radius 3 is 2.82 bits per heavy atom. The zero-order valence-electron chi connectivity index (χ0n) is 9.74. The average molecular weight is 299 g/mol. The molecule has 1 aromatic carbocycles. The maximum atomic E-state index is 5.64. The van der Waals surface area contributed by atoms with Crippen LogP contribution in [0.25, 0.3) is 0 Å². The molecule has 3 nitrogen and oxygen atoms in total. The van der Waals surface area contributed by atoms with E-state index in [9.17, 15) is 0 Å². The van der Waals surface area contributed by atoms with E-state index in [1.54, 1.807) is 6.08 Å². The lowest BCUT2D eigenvalue weighted by molar-refractivity contribution is -0.150. The maximum Gasteiger partial charge on any atom is 0.195 e. The Bertz CT molecular complexity index is 411. The summed E-state index contributed by atoms with van der Waals surface area (Å²) in [6, 6.07) is 5.81. The highest BCUT2D eigenvalue weighted by atomic mass is 79.9. The first-order valence-electron chi connectivity index (χ1n) is 5.47. The van der Waals surface area contributed by atoms with Gasteiger partial charge in [0, 0.05) is 4.47 Å². The molecule has 17 heavy (non-hydrogen) atoms. The lowest BCUT2D eigenvalue weighted by atomic mass is 10.1. The minimum absolute atomic E-state index is 0.458. The largest absolute Gasteiger partial charge is 0.489 e. The Hall–Kier alpha value is -0.840. The highest BCUT2D eigenvalue weighted by molar-refractivity contribution is 9.10. The number of halogens is 1. The van der Waals surface area contributed by atoms with Crippen LogP contribution in [-0.2, 0) is 15.3 Å². The summed E-state index contributed by atoms with van der Waals surface area (Å²) >= 11 is 3.43. The smallest absolute Gasteiger partial charge is 0.195 e. The van der Waals surface area contributed by atoms with Crippen molar-refractivity contribution in [3.05, 3.63) is 40.9 Å². The van der Waals surface area contributed by atoms with E-state index >= 15 is 0 Å². The van der Waals surface area contributed by atoms with Gasteiger partial charge in [-0.25, -0.2) is 0 Å². The van der Waals surface area contributed by atoms with Crippen LogP contribution >= 0.6 is 15.9 Å². The molecule has 1 heterocycles. The van der Waals surface area contributed by atoms with Crippen LogP contribution in [0.4, 0.5) is 0 Å². The maximum absolute atomic E-state index is 5.64. The van der Waals surface area contributed by atoms with Gasteiger partial charge >= 0.3 is 0 Å². The molecule has 1 aliphatic rings. The molecule has 0 aromatic heterocycles. The molecule has 0 radical (unpaired) electrons. The van der Waals surface area contributed by atoms with Crippen molar-refractivity contribution in [2.24, 2.45) is 0 Å². The number of ether oxygens (including phenoxy) is 3. The molecular formula is C13H15BrO3. The molecular weight excluding hydrogens is 284 g/mol. The summed E-state index contributed by atoms with van der Waals surface area (Å²) < 4.78 is 17.9. The summed E-state index contributed by atoms with van der Waals surface area (Å²) in [5.41, 5.74) is 0.903. The lowest BCUT2D eigenvalue weighted by Gasteiger charge is -2.25. The normalized spacial score (nSPS) is 18.0. The van der Waals surface area contributed by atoms with E-state index in [0.717, 1.165) is 15.8 Å². The highest BCUT2D eigenvalue weighted by Crippen LogP contribution is 2.38. The molecule has 0 bridgehead atoms. The second-order valence-electron chi connectivity index (χ2n) is 3.88. The first kappa shape index (κ1) is 12.6. The molecule has 0 unspecified atom stereocenters. The van der Waals surface area contributed by atoms with Crippen LogP contribution < -0.4 is 4.74 Å². The minimum atomic E-state index is -0.711. The molecule has 0 aliphatic carbocycles. The standard InChI is InChI=1S/C13H15BrO3/c1-3-6-15-12-9-10(14)4-5-11(12)13(2)16-7-8-17-13/h3-5,9H,1,6-8H2,2H3. The van der Waals surface area contributed by atoms with Gasteiger partial charge in [-0.3, -0.25) is 0 Å². The Morgan fingerprint density at radius 1 is 1.47 bits per heavy atom. The van der Waals surface area contributed by atoms with E-state index in [4.69, 9.17) is 14.2 Å². The molecule has 1 aromatic rings. The molecule has 1 aliphatic heterocycles. The van der Waals surface area contributed by atoms with E-state index in [2.05, 4.69) is 22.5 Å². The van der Waals surface area contributed by atoms with Crippen LogP contribution in [0.1, 0.15) is 12.5 Å². The zero-order valence-corrected chi connectivity index (χ0v) is 11.3. The van der Waals surface area contributed by atoms with E-state index in [1.807, 2.05) is 25.1 Å². The first-order valence-corrected chi connectivity index (χ1v) is 6.26. The van der Waals surface area contributed by atoms with E-state index in [0.29, 0.717) is 19.8 Å². The predicted molar refractivity (Wildman–Crippen MR) is 69.1 cm³/mol. The van der Waals surface area contributed by atoms with Crippen LogP contribution in [-0.4, -0.2) is 19.8 Å². The SMILES string of the molecule is C=CCOc1cc(Br)ccc1C1(C)OCCO1. The average Bonchev–Trinajstić information content (AvgIpc) is 2.74. The fourth-order valence-electron chi connectivity index (χ4n) is 1.81. The topological polar surface area (TPSA) is 27.7 Å². The second-order valence-corrected chi connectivity index (χ2v) is 4.80. The van der Waals surface area contributed by atoms with Crippen molar-refractivity contribution < 1.29 is 14.2 Å². The van der Waals surface area contributed by atoms with Gasteiger partial charge in [0.15, 0.2) is 5.79 Å².